The number of carbonyl (C=O) groups excluding carboxylic acids is 1. The standard InChI is InChI=1S/C21H26N2O4S/c1-15-6-8-18(9-7-15)27-14-17(3)22-28(25,26)19-10-11-20(16(2)13-19)23-12-4-5-21(23)24/h6-11,13,17,22H,4-5,12,14H2,1-3H3. The minimum absolute atomic E-state index is 0.0821. The first-order valence-electron chi connectivity index (χ1n) is 9.39. The van der Waals surface area contributed by atoms with Crippen molar-refractivity contribution in [3.05, 3.63) is 53.6 Å². The number of nitrogens with one attached hydrogen (secondary N) is 1. The van der Waals surface area contributed by atoms with Gasteiger partial charge in [0.25, 0.3) is 0 Å². The maximum Gasteiger partial charge on any atom is 0.240 e. The normalized spacial score (nSPS) is 15.7. The lowest BCUT2D eigenvalue weighted by Gasteiger charge is -2.20. The largest absolute Gasteiger partial charge is 0.492 e. The summed E-state index contributed by atoms with van der Waals surface area (Å²) in [6, 6.07) is 12.1. The van der Waals surface area contributed by atoms with Crippen LogP contribution in [0, 0.1) is 13.8 Å². The quantitative estimate of drug-likeness (QED) is 0.772. The third kappa shape index (κ3) is 4.72. The molecule has 1 N–H and O–H groups in total. The zero-order valence-electron chi connectivity index (χ0n) is 16.4. The molecule has 3 rings (SSSR count). The number of amides is 1. The minimum Gasteiger partial charge on any atom is -0.492 e. The van der Waals surface area contributed by atoms with Crippen molar-refractivity contribution >= 4 is 21.6 Å². The molecule has 0 aliphatic carbocycles. The van der Waals surface area contributed by atoms with Crippen molar-refractivity contribution < 1.29 is 17.9 Å². The molecule has 0 saturated carbocycles. The molecular weight excluding hydrogens is 376 g/mol. The van der Waals surface area contributed by atoms with Crippen LogP contribution in [-0.4, -0.2) is 33.5 Å². The number of hydrogen-bond donors (Lipinski definition) is 1. The van der Waals surface area contributed by atoms with Crippen molar-refractivity contribution in [2.24, 2.45) is 0 Å². The summed E-state index contributed by atoms with van der Waals surface area (Å²) in [5.41, 5.74) is 2.68. The SMILES string of the molecule is Cc1ccc(OCC(C)NS(=O)(=O)c2ccc(N3CCCC3=O)c(C)c2)cc1. The van der Waals surface area contributed by atoms with Crippen molar-refractivity contribution in [3.8, 4) is 5.75 Å². The van der Waals surface area contributed by atoms with Crippen LogP contribution in [0.25, 0.3) is 0 Å². The van der Waals surface area contributed by atoms with Gasteiger partial charge in [-0.25, -0.2) is 13.1 Å². The van der Waals surface area contributed by atoms with Gasteiger partial charge in [0.2, 0.25) is 15.9 Å². The lowest BCUT2D eigenvalue weighted by atomic mass is 10.2. The maximum absolute atomic E-state index is 12.7. The Bertz CT molecular complexity index is 955. The fourth-order valence-electron chi connectivity index (χ4n) is 3.22. The minimum atomic E-state index is -3.68. The van der Waals surface area contributed by atoms with Crippen LogP contribution >= 0.6 is 0 Å². The van der Waals surface area contributed by atoms with Gasteiger partial charge in [-0.2, -0.15) is 0 Å². The van der Waals surface area contributed by atoms with Crippen LogP contribution in [0.15, 0.2) is 47.4 Å². The monoisotopic (exact) mass is 402 g/mol. The topological polar surface area (TPSA) is 75.7 Å². The summed E-state index contributed by atoms with van der Waals surface area (Å²) >= 11 is 0. The number of carbonyl (C=O) groups is 1. The fraction of sp³-hybridized carbons (Fsp3) is 0.381. The maximum atomic E-state index is 12.7. The van der Waals surface area contributed by atoms with E-state index < -0.39 is 16.1 Å². The number of ether oxygens (including phenoxy) is 1. The number of hydrogen-bond acceptors (Lipinski definition) is 4. The number of aryl methyl sites for hydroxylation is 2. The van der Waals surface area contributed by atoms with Crippen LogP contribution in [0.5, 0.6) is 5.75 Å². The molecule has 0 bridgehead atoms. The second-order valence-corrected chi connectivity index (χ2v) is 8.96. The molecule has 0 radical (unpaired) electrons. The molecule has 1 heterocycles. The van der Waals surface area contributed by atoms with E-state index in [9.17, 15) is 13.2 Å². The molecule has 1 aliphatic rings. The Labute approximate surface area is 166 Å². The predicted molar refractivity (Wildman–Crippen MR) is 109 cm³/mol. The van der Waals surface area contributed by atoms with Gasteiger partial charge in [-0.15, -0.1) is 0 Å². The van der Waals surface area contributed by atoms with E-state index in [0.717, 1.165) is 23.2 Å². The van der Waals surface area contributed by atoms with Gasteiger partial charge in [0.1, 0.15) is 12.4 Å². The van der Waals surface area contributed by atoms with E-state index in [4.69, 9.17) is 4.74 Å². The van der Waals surface area contributed by atoms with Crippen LogP contribution in [-0.2, 0) is 14.8 Å². The predicted octanol–water partition coefficient (Wildman–Crippen LogP) is 3.18. The van der Waals surface area contributed by atoms with Gasteiger partial charge >= 0.3 is 0 Å². The van der Waals surface area contributed by atoms with Crippen molar-refractivity contribution in [1.82, 2.24) is 4.72 Å². The smallest absolute Gasteiger partial charge is 0.240 e. The molecule has 1 aliphatic heterocycles. The summed E-state index contributed by atoms with van der Waals surface area (Å²) in [6.45, 7) is 6.48. The molecule has 2 aromatic carbocycles. The zero-order valence-corrected chi connectivity index (χ0v) is 17.3. The Kier molecular flexibility index (Phi) is 6.05. The summed E-state index contributed by atoms with van der Waals surface area (Å²) in [7, 11) is -3.68. The number of nitrogens with zero attached hydrogens (tertiary/aromatic N) is 1. The van der Waals surface area contributed by atoms with Gasteiger partial charge in [-0.1, -0.05) is 17.7 Å². The average Bonchev–Trinajstić information content (AvgIpc) is 3.06. The lowest BCUT2D eigenvalue weighted by Crippen LogP contribution is -2.36. The van der Waals surface area contributed by atoms with E-state index in [-0.39, 0.29) is 17.4 Å². The first-order chi connectivity index (χ1) is 13.3. The molecule has 1 fully saturated rings. The molecular formula is C21H26N2O4S. The van der Waals surface area contributed by atoms with E-state index in [1.807, 2.05) is 38.1 Å². The molecule has 0 spiro atoms. The fourth-order valence-corrected chi connectivity index (χ4v) is 4.54. The van der Waals surface area contributed by atoms with E-state index in [1.54, 1.807) is 30.0 Å². The third-order valence-corrected chi connectivity index (χ3v) is 6.31. The van der Waals surface area contributed by atoms with Gasteiger partial charge in [0, 0.05) is 18.7 Å². The van der Waals surface area contributed by atoms with Crippen molar-refractivity contribution in [2.45, 2.75) is 44.6 Å². The highest BCUT2D eigenvalue weighted by atomic mass is 32.2. The van der Waals surface area contributed by atoms with Crippen molar-refractivity contribution in [3.63, 3.8) is 0 Å². The Morgan fingerprint density at radius 2 is 1.86 bits per heavy atom. The molecule has 1 atom stereocenters. The molecule has 28 heavy (non-hydrogen) atoms. The molecule has 1 saturated heterocycles. The Balaban J connectivity index is 1.65. The van der Waals surface area contributed by atoms with Crippen LogP contribution in [0.2, 0.25) is 0 Å². The summed E-state index contributed by atoms with van der Waals surface area (Å²) in [5.74, 6) is 0.783. The second kappa shape index (κ2) is 8.32. The second-order valence-electron chi connectivity index (χ2n) is 7.24. The Morgan fingerprint density at radius 1 is 1.14 bits per heavy atom. The summed E-state index contributed by atoms with van der Waals surface area (Å²) < 4.78 is 33.7. The highest BCUT2D eigenvalue weighted by Gasteiger charge is 2.25. The van der Waals surface area contributed by atoms with Crippen molar-refractivity contribution in [2.75, 3.05) is 18.1 Å². The van der Waals surface area contributed by atoms with Crippen LogP contribution in [0.4, 0.5) is 5.69 Å². The Hall–Kier alpha value is -2.38. The highest BCUT2D eigenvalue weighted by Crippen LogP contribution is 2.27. The van der Waals surface area contributed by atoms with E-state index >= 15 is 0 Å². The van der Waals surface area contributed by atoms with Crippen LogP contribution < -0.4 is 14.4 Å². The molecule has 0 aromatic heterocycles. The molecule has 1 amide bonds. The number of anilines is 1. The van der Waals surface area contributed by atoms with Crippen LogP contribution in [0.1, 0.15) is 30.9 Å². The summed E-state index contributed by atoms with van der Waals surface area (Å²) in [6.07, 6.45) is 1.37. The van der Waals surface area contributed by atoms with Crippen LogP contribution in [0.3, 0.4) is 0 Å². The van der Waals surface area contributed by atoms with Gasteiger partial charge in [-0.05, 0) is 63.1 Å². The highest BCUT2D eigenvalue weighted by molar-refractivity contribution is 7.89. The summed E-state index contributed by atoms with van der Waals surface area (Å²) in [5, 5.41) is 0. The van der Waals surface area contributed by atoms with E-state index in [0.29, 0.717) is 18.7 Å². The first kappa shape index (κ1) is 20.4. The Morgan fingerprint density at radius 3 is 2.46 bits per heavy atom. The molecule has 6 nitrogen and oxygen atoms in total. The number of benzene rings is 2. The number of rotatable bonds is 7. The lowest BCUT2D eigenvalue weighted by molar-refractivity contribution is -0.117. The molecule has 1 unspecified atom stereocenters. The van der Waals surface area contributed by atoms with Gasteiger partial charge < -0.3 is 9.64 Å². The molecule has 2 aromatic rings. The van der Waals surface area contributed by atoms with Crippen molar-refractivity contribution in [1.29, 1.82) is 0 Å². The van der Waals surface area contributed by atoms with Gasteiger partial charge in [-0.3, -0.25) is 4.79 Å². The number of sulfonamides is 1. The van der Waals surface area contributed by atoms with Gasteiger partial charge in [0.15, 0.2) is 0 Å². The zero-order chi connectivity index (χ0) is 20.3. The van der Waals surface area contributed by atoms with E-state index in [2.05, 4.69) is 4.72 Å². The first-order valence-corrected chi connectivity index (χ1v) is 10.9. The molecule has 150 valence electrons. The van der Waals surface area contributed by atoms with Gasteiger partial charge in [0.05, 0.1) is 10.9 Å². The third-order valence-electron chi connectivity index (χ3n) is 4.72. The summed E-state index contributed by atoms with van der Waals surface area (Å²) in [4.78, 5) is 13.8. The molecule has 7 heteroatoms. The average molecular weight is 403 g/mol. The van der Waals surface area contributed by atoms with E-state index in [1.165, 1.54) is 0 Å².